The Bertz CT molecular complexity index is 1140. The van der Waals surface area contributed by atoms with E-state index in [2.05, 4.69) is 39.2 Å². The lowest BCUT2D eigenvalue weighted by molar-refractivity contribution is -0.125. The van der Waals surface area contributed by atoms with Crippen molar-refractivity contribution in [2.24, 2.45) is 5.92 Å². The fourth-order valence-electron chi connectivity index (χ4n) is 4.76. The van der Waals surface area contributed by atoms with Gasteiger partial charge in [-0.25, -0.2) is 4.68 Å². The van der Waals surface area contributed by atoms with Crippen LogP contribution in [0.25, 0.3) is 16.6 Å². The molecule has 9 heteroatoms. The van der Waals surface area contributed by atoms with Crippen molar-refractivity contribution in [3.05, 3.63) is 40.7 Å². The minimum absolute atomic E-state index is 0.0666. The van der Waals surface area contributed by atoms with Gasteiger partial charge in [0.1, 0.15) is 5.52 Å². The van der Waals surface area contributed by atoms with Crippen molar-refractivity contribution in [2.75, 3.05) is 44.2 Å². The highest BCUT2D eigenvalue weighted by Gasteiger charge is 2.29. The van der Waals surface area contributed by atoms with Gasteiger partial charge in [-0.3, -0.25) is 4.79 Å². The minimum Gasteiger partial charge on any atom is -0.355 e. The maximum Gasteiger partial charge on any atom is 0.224 e. The number of halogens is 1. The zero-order chi connectivity index (χ0) is 24.2. The molecular weight excluding hydrogens is 450 g/mol. The van der Waals surface area contributed by atoms with Crippen molar-refractivity contribution < 1.29 is 4.79 Å². The fraction of sp³-hybridized carbons (Fsp3) is 0.520. The van der Waals surface area contributed by atoms with Crippen LogP contribution in [0.1, 0.15) is 38.1 Å². The Labute approximate surface area is 206 Å². The normalized spacial score (nSPS) is 16.4. The lowest BCUT2D eigenvalue weighted by Crippen LogP contribution is -2.45. The van der Waals surface area contributed by atoms with Crippen LogP contribution in [0.15, 0.2) is 24.3 Å². The molecule has 182 valence electrons. The minimum atomic E-state index is -0.0666. The predicted octanol–water partition coefficient (Wildman–Crippen LogP) is 3.76. The molecule has 3 aromatic rings. The number of likely N-dealkylation sites (N-methyl/N-ethyl adjacent to an activating group) is 1. The van der Waals surface area contributed by atoms with E-state index >= 15 is 0 Å². The van der Waals surface area contributed by atoms with Crippen molar-refractivity contribution in [3.63, 3.8) is 0 Å². The summed E-state index contributed by atoms with van der Waals surface area (Å²) in [6.45, 7) is 13.3. The van der Waals surface area contributed by atoms with E-state index in [0.29, 0.717) is 18.1 Å². The average Bonchev–Trinajstić information content (AvgIpc) is 3.20. The number of benzene rings is 1. The zero-order valence-corrected chi connectivity index (χ0v) is 21.3. The van der Waals surface area contributed by atoms with E-state index in [1.54, 1.807) is 0 Å². The molecule has 0 spiro atoms. The SMILES string of the molecule is CCN(CC)CCNC(=O)[C@@H]1CCCN(c2nnc(C)c3c(C)n(-c4ccc(Cl)cc4)nc23)C1. The summed E-state index contributed by atoms with van der Waals surface area (Å²) >= 11 is 6.08. The van der Waals surface area contributed by atoms with Crippen LogP contribution in [0.2, 0.25) is 5.02 Å². The lowest BCUT2D eigenvalue weighted by Gasteiger charge is -2.32. The Balaban J connectivity index is 1.56. The largest absolute Gasteiger partial charge is 0.355 e. The molecule has 1 aliphatic rings. The van der Waals surface area contributed by atoms with Crippen molar-refractivity contribution in [1.82, 2.24) is 30.2 Å². The first-order valence-corrected chi connectivity index (χ1v) is 12.5. The molecule has 1 atom stereocenters. The number of aryl methyl sites for hydroxylation is 2. The number of hydrogen-bond acceptors (Lipinski definition) is 6. The summed E-state index contributed by atoms with van der Waals surface area (Å²) in [5.74, 6) is 0.802. The van der Waals surface area contributed by atoms with Gasteiger partial charge >= 0.3 is 0 Å². The fourth-order valence-corrected chi connectivity index (χ4v) is 4.89. The molecule has 1 N–H and O–H groups in total. The summed E-state index contributed by atoms with van der Waals surface area (Å²) in [4.78, 5) is 17.4. The van der Waals surface area contributed by atoms with Crippen LogP contribution in [-0.4, -0.2) is 70.1 Å². The molecular formula is C25H34ClN7O. The van der Waals surface area contributed by atoms with E-state index in [1.807, 2.05) is 42.8 Å². The number of anilines is 1. The number of hydrogen-bond donors (Lipinski definition) is 1. The molecule has 8 nitrogen and oxygen atoms in total. The third-order valence-corrected chi connectivity index (χ3v) is 7.02. The summed E-state index contributed by atoms with van der Waals surface area (Å²) in [6, 6.07) is 7.63. The smallest absolute Gasteiger partial charge is 0.224 e. The van der Waals surface area contributed by atoms with Crippen molar-refractivity contribution >= 4 is 34.2 Å². The monoisotopic (exact) mass is 483 g/mol. The lowest BCUT2D eigenvalue weighted by atomic mass is 9.97. The van der Waals surface area contributed by atoms with Gasteiger partial charge in [0.05, 0.1) is 28.4 Å². The van der Waals surface area contributed by atoms with Crippen LogP contribution in [0, 0.1) is 19.8 Å². The number of piperidine rings is 1. The molecule has 1 fully saturated rings. The van der Waals surface area contributed by atoms with Gasteiger partial charge < -0.3 is 15.1 Å². The highest BCUT2D eigenvalue weighted by molar-refractivity contribution is 6.30. The van der Waals surface area contributed by atoms with Crippen LogP contribution in [0.3, 0.4) is 0 Å². The second-order valence-corrected chi connectivity index (χ2v) is 9.35. The van der Waals surface area contributed by atoms with E-state index < -0.39 is 0 Å². The second kappa shape index (κ2) is 10.7. The van der Waals surface area contributed by atoms with E-state index in [1.165, 1.54) is 0 Å². The molecule has 0 radical (unpaired) electrons. The van der Waals surface area contributed by atoms with Crippen LogP contribution in [-0.2, 0) is 4.79 Å². The highest BCUT2D eigenvalue weighted by atomic mass is 35.5. The third kappa shape index (κ3) is 5.03. The molecule has 0 bridgehead atoms. The van der Waals surface area contributed by atoms with Crippen molar-refractivity contribution in [3.8, 4) is 5.69 Å². The van der Waals surface area contributed by atoms with Gasteiger partial charge in [-0.15, -0.1) is 5.10 Å². The molecule has 34 heavy (non-hydrogen) atoms. The van der Waals surface area contributed by atoms with Crippen LogP contribution >= 0.6 is 11.6 Å². The highest BCUT2D eigenvalue weighted by Crippen LogP contribution is 2.31. The summed E-state index contributed by atoms with van der Waals surface area (Å²) in [6.07, 6.45) is 1.82. The predicted molar refractivity (Wildman–Crippen MR) is 137 cm³/mol. The third-order valence-electron chi connectivity index (χ3n) is 6.77. The topological polar surface area (TPSA) is 79.2 Å². The maximum atomic E-state index is 12.9. The number of nitrogens with one attached hydrogen (secondary N) is 1. The van der Waals surface area contributed by atoms with Crippen LogP contribution in [0.4, 0.5) is 5.82 Å². The number of rotatable bonds is 8. The number of aromatic nitrogens is 4. The van der Waals surface area contributed by atoms with E-state index in [0.717, 1.165) is 72.8 Å². The van der Waals surface area contributed by atoms with E-state index in [4.69, 9.17) is 16.7 Å². The molecule has 3 heterocycles. The molecule has 4 rings (SSSR count). The van der Waals surface area contributed by atoms with Gasteiger partial charge in [0.2, 0.25) is 5.91 Å². The maximum absolute atomic E-state index is 12.9. The summed E-state index contributed by atoms with van der Waals surface area (Å²) in [5.41, 5.74) is 3.61. The van der Waals surface area contributed by atoms with Gasteiger partial charge in [0.25, 0.3) is 0 Å². The molecule has 0 saturated carbocycles. The quantitative estimate of drug-likeness (QED) is 0.525. The molecule has 1 aromatic carbocycles. The Kier molecular flexibility index (Phi) is 7.68. The molecule has 0 aliphatic carbocycles. The van der Waals surface area contributed by atoms with Crippen LogP contribution in [0.5, 0.6) is 0 Å². The van der Waals surface area contributed by atoms with E-state index in [-0.39, 0.29) is 11.8 Å². The summed E-state index contributed by atoms with van der Waals surface area (Å²) in [5, 5.41) is 18.7. The van der Waals surface area contributed by atoms with Gasteiger partial charge in [-0.05, 0) is 64.0 Å². The Morgan fingerprint density at radius 2 is 1.91 bits per heavy atom. The molecule has 1 aliphatic heterocycles. The Morgan fingerprint density at radius 3 is 2.62 bits per heavy atom. The van der Waals surface area contributed by atoms with Crippen molar-refractivity contribution in [1.29, 1.82) is 0 Å². The van der Waals surface area contributed by atoms with Gasteiger partial charge in [0.15, 0.2) is 5.82 Å². The van der Waals surface area contributed by atoms with E-state index in [9.17, 15) is 4.79 Å². The average molecular weight is 484 g/mol. The first-order valence-electron chi connectivity index (χ1n) is 12.2. The van der Waals surface area contributed by atoms with Crippen molar-refractivity contribution in [2.45, 2.75) is 40.5 Å². The zero-order valence-electron chi connectivity index (χ0n) is 20.5. The standard InChI is InChI=1S/C25H34ClN7O/c1-5-31(6-2)15-13-27-25(34)19-8-7-14-32(16-19)24-23-22(17(3)28-29-24)18(4)33(30-23)21-11-9-20(26)10-12-21/h9-12,19H,5-8,13-16H2,1-4H3,(H,27,34)/t19-/m1/s1. The molecule has 1 saturated heterocycles. The molecule has 1 amide bonds. The van der Waals surface area contributed by atoms with Gasteiger partial charge in [-0.2, -0.15) is 10.2 Å². The second-order valence-electron chi connectivity index (χ2n) is 8.91. The summed E-state index contributed by atoms with van der Waals surface area (Å²) < 4.78 is 1.92. The van der Waals surface area contributed by atoms with Gasteiger partial charge in [0, 0.05) is 31.2 Å². The molecule has 2 aromatic heterocycles. The first-order chi connectivity index (χ1) is 16.4. The number of amides is 1. The number of nitrogens with zero attached hydrogens (tertiary/aromatic N) is 6. The first kappa shape index (κ1) is 24.4. The number of carbonyl (C=O) groups excluding carboxylic acids is 1. The number of carbonyl (C=O) groups is 1. The Hall–Kier alpha value is -2.71. The number of fused-ring (bicyclic) bond motifs is 1. The summed E-state index contributed by atoms with van der Waals surface area (Å²) in [7, 11) is 0. The van der Waals surface area contributed by atoms with Crippen LogP contribution < -0.4 is 10.2 Å². The molecule has 0 unspecified atom stereocenters. The van der Waals surface area contributed by atoms with Gasteiger partial charge in [-0.1, -0.05) is 25.4 Å². The Morgan fingerprint density at radius 1 is 1.18 bits per heavy atom.